The molecule has 1 aromatic rings. The Morgan fingerprint density at radius 3 is 3.00 bits per heavy atom. The van der Waals surface area contributed by atoms with Crippen molar-refractivity contribution in [2.24, 2.45) is 7.05 Å². The molecule has 1 aromatic heterocycles. The summed E-state index contributed by atoms with van der Waals surface area (Å²) in [5, 5.41) is 7.82. The molecule has 1 aliphatic rings. The number of piperidine rings is 1. The molecule has 1 aliphatic heterocycles. The molecule has 0 aliphatic carbocycles. The van der Waals surface area contributed by atoms with Crippen molar-refractivity contribution in [1.82, 2.24) is 20.0 Å². The number of hydrogen-bond acceptors (Lipinski definition) is 3. The first-order valence-corrected chi connectivity index (χ1v) is 7.17. The molecule has 2 heterocycles. The van der Waals surface area contributed by atoms with Gasteiger partial charge in [0.2, 0.25) is 0 Å². The maximum absolute atomic E-state index is 4.30. The summed E-state index contributed by atoms with van der Waals surface area (Å²) in [6.07, 6.45) is 7.97. The molecule has 0 amide bonds. The van der Waals surface area contributed by atoms with Gasteiger partial charge in [0.15, 0.2) is 0 Å². The molecule has 102 valence electrons. The van der Waals surface area contributed by atoms with Crippen molar-refractivity contribution < 1.29 is 0 Å². The molecule has 2 rings (SSSR count). The predicted molar refractivity (Wildman–Crippen MR) is 74.5 cm³/mol. The summed E-state index contributed by atoms with van der Waals surface area (Å²) in [5.41, 5.74) is 1.33. The monoisotopic (exact) mass is 250 g/mol. The maximum atomic E-state index is 4.30. The normalized spacial score (nSPS) is 22.3. The van der Waals surface area contributed by atoms with Gasteiger partial charge in [-0.25, -0.2) is 0 Å². The highest BCUT2D eigenvalue weighted by Gasteiger charge is 2.25. The average molecular weight is 250 g/mol. The third kappa shape index (κ3) is 3.12. The first kappa shape index (κ1) is 13.6. The number of nitrogens with zero attached hydrogens (tertiary/aromatic N) is 3. The van der Waals surface area contributed by atoms with Crippen LogP contribution < -0.4 is 5.32 Å². The molecule has 4 nitrogen and oxygen atoms in total. The van der Waals surface area contributed by atoms with Crippen molar-refractivity contribution in [2.75, 3.05) is 19.6 Å². The SMILES string of the molecule is CCCN(C1CCCNC1)C(C)c1cnn(C)c1. The zero-order valence-corrected chi connectivity index (χ0v) is 11.9. The first-order valence-electron chi connectivity index (χ1n) is 7.17. The summed E-state index contributed by atoms with van der Waals surface area (Å²) in [6.45, 7) is 8.05. The van der Waals surface area contributed by atoms with Crippen molar-refractivity contribution >= 4 is 0 Å². The lowest BCUT2D eigenvalue weighted by atomic mass is 10.0. The minimum atomic E-state index is 0.462. The van der Waals surface area contributed by atoms with E-state index >= 15 is 0 Å². The van der Waals surface area contributed by atoms with Gasteiger partial charge >= 0.3 is 0 Å². The van der Waals surface area contributed by atoms with Gasteiger partial charge in [-0.3, -0.25) is 9.58 Å². The highest BCUT2D eigenvalue weighted by molar-refractivity contribution is 5.10. The zero-order valence-electron chi connectivity index (χ0n) is 11.9. The molecule has 0 bridgehead atoms. The minimum Gasteiger partial charge on any atom is -0.315 e. The molecule has 1 N–H and O–H groups in total. The molecule has 2 atom stereocenters. The van der Waals surface area contributed by atoms with Gasteiger partial charge in [0.05, 0.1) is 6.20 Å². The topological polar surface area (TPSA) is 33.1 Å². The van der Waals surface area contributed by atoms with Gasteiger partial charge in [-0.1, -0.05) is 6.92 Å². The van der Waals surface area contributed by atoms with Gasteiger partial charge in [0.1, 0.15) is 0 Å². The quantitative estimate of drug-likeness (QED) is 0.867. The van der Waals surface area contributed by atoms with Crippen LogP contribution in [0.1, 0.15) is 44.7 Å². The molecule has 2 unspecified atom stereocenters. The fourth-order valence-electron chi connectivity index (χ4n) is 2.91. The maximum Gasteiger partial charge on any atom is 0.0537 e. The van der Waals surface area contributed by atoms with E-state index in [1.807, 2.05) is 17.9 Å². The van der Waals surface area contributed by atoms with Crippen LogP contribution in [-0.2, 0) is 7.05 Å². The van der Waals surface area contributed by atoms with E-state index in [0.29, 0.717) is 12.1 Å². The summed E-state index contributed by atoms with van der Waals surface area (Å²) in [6, 6.07) is 1.14. The van der Waals surface area contributed by atoms with E-state index in [1.165, 1.54) is 37.9 Å². The van der Waals surface area contributed by atoms with Crippen LogP contribution >= 0.6 is 0 Å². The van der Waals surface area contributed by atoms with E-state index in [9.17, 15) is 0 Å². The van der Waals surface area contributed by atoms with Gasteiger partial charge in [-0.15, -0.1) is 0 Å². The number of aromatic nitrogens is 2. The average Bonchev–Trinajstić information content (AvgIpc) is 2.83. The van der Waals surface area contributed by atoms with Gasteiger partial charge < -0.3 is 5.32 Å². The van der Waals surface area contributed by atoms with Crippen LogP contribution in [0.3, 0.4) is 0 Å². The van der Waals surface area contributed by atoms with Crippen LogP contribution in [0.15, 0.2) is 12.4 Å². The largest absolute Gasteiger partial charge is 0.315 e. The second-order valence-corrected chi connectivity index (χ2v) is 5.36. The number of rotatable bonds is 5. The van der Waals surface area contributed by atoms with Crippen molar-refractivity contribution in [1.29, 1.82) is 0 Å². The summed E-state index contributed by atoms with van der Waals surface area (Å²) < 4.78 is 1.90. The molecular weight excluding hydrogens is 224 g/mol. The van der Waals surface area contributed by atoms with E-state index in [4.69, 9.17) is 0 Å². The van der Waals surface area contributed by atoms with Crippen molar-refractivity contribution in [2.45, 2.75) is 45.2 Å². The third-order valence-corrected chi connectivity index (χ3v) is 3.93. The summed E-state index contributed by atoms with van der Waals surface area (Å²) in [5.74, 6) is 0. The van der Waals surface area contributed by atoms with E-state index in [-0.39, 0.29) is 0 Å². The van der Waals surface area contributed by atoms with Crippen LogP contribution in [-0.4, -0.2) is 40.4 Å². The Morgan fingerprint density at radius 1 is 1.61 bits per heavy atom. The zero-order chi connectivity index (χ0) is 13.0. The molecule has 1 saturated heterocycles. The Morgan fingerprint density at radius 2 is 2.44 bits per heavy atom. The first-order chi connectivity index (χ1) is 8.72. The summed E-state index contributed by atoms with van der Waals surface area (Å²) >= 11 is 0. The van der Waals surface area contributed by atoms with E-state index in [0.717, 1.165) is 6.54 Å². The summed E-state index contributed by atoms with van der Waals surface area (Å²) in [4.78, 5) is 2.64. The Kier molecular flexibility index (Phi) is 4.78. The van der Waals surface area contributed by atoms with Crippen molar-refractivity contribution in [3.05, 3.63) is 18.0 Å². The molecule has 4 heteroatoms. The van der Waals surface area contributed by atoms with Crippen LogP contribution in [0, 0.1) is 0 Å². The fraction of sp³-hybridized carbons (Fsp3) is 0.786. The molecule has 0 saturated carbocycles. The predicted octanol–water partition coefficient (Wildman–Crippen LogP) is 1.95. The number of nitrogens with one attached hydrogen (secondary N) is 1. The lowest BCUT2D eigenvalue weighted by Gasteiger charge is -2.38. The Balaban J connectivity index is 2.08. The Bertz CT molecular complexity index is 354. The van der Waals surface area contributed by atoms with Gasteiger partial charge in [0, 0.05) is 37.4 Å². The number of hydrogen-bond donors (Lipinski definition) is 1. The van der Waals surface area contributed by atoms with Crippen molar-refractivity contribution in [3.8, 4) is 0 Å². The van der Waals surface area contributed by atoms with Gasteiger partial charge in [-0.05, 0) is 39.3 Å². The molecular formula is C14H26N4. The van der Waals surface area contributed by atoms with Crippen LogP contribution in [0.4, 0.5) is 0 Å². The van der Waals surface area contributed by atoms with Gasteiger partial charge in [0.25, 0.3) is 0 Å². The Hall–Kier alpha value is -0.870. The smallest absolute Gasteiger partial charge is 0.0537 e. The van der Waals surface area contributed by atoms with Crippen LogP contribution in [0.5, 0.6) is 0 Å². The van der Waals surface area contributed by atoms with E-state index in [1.54, 1.807) is 0 Å². The van der Waals surface area contributed by atoms with Crippen molar-refractivity contribution in [3.63, 3.8) is 0 Å². The van der Waals surface area contributed by atoms with E-state index < -0.39 is 0 Å². The Labute approximate surface area is 110 Å². The highest BCUT2D eigenvalue weighted by Crippen LogP contribution is 2.24. The second-order valence-electron chi connectivity index (χ2n) is 5.36. The lowest BCUT2D eigenvalue weighted by Crippen LogP contribution is -2.47. The molecule has 0 spiro atoms. The van der Waals surface area contributed by atoms with Crippen LogP contribution in [0.25, 0.3) is 0 Å². The highest BCUT2D eigenvalue weighted by atomic mass is 15.3. The second kappa shape index (κ2) is 6.34. The van der Waals surface area contributed by atoms with Crippen LogP contribution in [0.2, 0.25) is 0 Å². The number of aryl methyl sites for hydroxylation is 1. The molecule has 1 fully saturated rings. The minimum absolute atomic E-state index is 0.462. The standard InChI is InChI=1S/C14H26N4/c1-4-8-18(14-6-5-7-15-10-14)12(2)13-9-16-17(3)11-13/h9,11-12,14-15H,4-8,10H2,1-3H3. The third-order valence-electron chi connectivity index (χ3n) is 3.93. The van der Waals surface area contributed by atoms with E-state index in [2.05, 4.69) is 35.4 Å². The molecule has 18 heavy (non-hydrogen) atoms. The summed E-state index contributed by atoms with van der Waals surface area (Å²) in [7, 11) is 1.99. The lowest BCUT2D eigenvalue weighted by molar-refractivity contribution is 0.120. The fourth-order valence-corrected chi connectivity index (χ4v) is 2.91. The van der Waals surface area contributed by atoms with Gasteiger partial charge in [-0.2, -0.15) is 5.10 Å². The molecule has 0 aromatic carbocycles. The molecule has 0 radical (unpaired) electrons.